The number of methoxy groups -OCH3 is 1. The van der Waals surface area contributed by atoms with Gasteiger partial charge in [0.25, 0.3) is 0 Å². The molecule has 2 rings (SSSR count). The van der Waals surface area contributed by atoms with Gasteiger partial charge >= 0.3 is 0 Å². The van der Waals surface area contributed by atoms with Crippen molar-refractivity contribution >= 4 is 39.4 Å². The second kappa shape index (κ2) is 7.33. The minimum absolute atomic E-state index is 0.199. The quantitative estimate of drug-likeness (QED) is 0.652. The van der Waals surface area contributed by atoms with Crippen molar-refractivity contribution < 1.29 is 9.53 Å². The molecule has 0 bridgehead atoms. The maximum absolute atomic E-state index is 11.7. The van der Waals surface area contributed by atoms with Gasteiger partial charge in [-0.2, -0.15) is 5.10 Å². The molecule has 1 aromatic carbocycles. The van der Waals surface area contributed by atoms with Crippen molar-refractivity contribution in [1.82, 2.24) is 10.4 Å². The van der Waals surface area contributed by atoms with Crippen molar-refractivity contribution in [2.24, 2.45) is 5.10 Å². The summed E-state index contributed by atoms with van der Waals surface area (Å²) in [6.45, 7) is 1.90. The molecule has 1 N–H and O–H groups in total. The Morgan fingerprint density at radius 2 is 2.38 bits per heavy atom. The number of nitrogens with zero attached hydrogens (tertiary/aromatic N) is 2. The SMILES string of the molecule is COc1ccc(Br)cc1/C=N\NC(=O)Cc1nc(C)cs1. The second-order valence-corrected chi connectivity index (χ2v) is 6.10. The van der Waals surface area contributed by atoms with E-state index in [4.69, 9.17) is 4.74 Å². The van der Waals surface area contributed by atoms with Gasteiger partial charge in [0.15, 0.2) is 0 Å². The molecule has 0 saturated carbocycles. The molecule has 110 valence electrons. The molecule has 5 nitrogen and oxygen atoms in total. The van der Waals surface area contributed by atoms with Crippen LogP contribution in [0.4, 0.5) is 0 Å². The highest BCUT2D eigenvalue weighted by atomic mass is 79.9. The number of thiazole rings is 1. The van der Waals surface area contributed by atoms with Crippen molar-refractivity contribution in [2.45, 2.75) is 13.3 Å². The van der Waals surface area contributed by atoms with Gasteiger partial charge in [-0.1, -0.05) is 15.9 Å². The van der Waals surface area contributed by atoms with E-state index < -0.39 is 0 Å². The van der Waals surface area contributed by atoms with Crippen LogP contribution in [0.1, 0.15) is 16.3 Å². The first-order valence-corrected chi connectivity index (χ1v) is 7.82. The lowest BCUT2D eigenvalue weighted by Crippen LogP contribution is -2.19. The summed E-state index contributed by atoms with van der Waals surface area (Å²) in [6, 6.07) is 5.56. The van der Waals surface area contributed by atoms with E-state index in [1.54, 1.807) is 13.3 Å². The lowest BCUT2D eigenvalue weighted by Gasteiger charge is -2.04. The van der Waals surface area contributed by atoms with Crippen LogP contribution in [0.5, 0.6) is 5.75 Å². The maximum Gasteiger partial charge on any atom is 0.246 e. The molecule has 0 atom stereocenters. The molecule has 21 heavy (non-hydrogen) atoms. The first-order chi connectivity index (χ1) is 10.1. The monoisotopic (exact) mass is 367 g/mol. The van der Waals surface area contributed by atoms with E-state index in [9.17, 15) is 4.79 Å². The molecule has 0 saturated heterocycles. The number of carbonyl (C=O) groups excluding carboxylic acids is 1. The molecule has 0 radical (unpaired) electrons. The molecule has 0 fully saturated rings. The molecule has 0 aliphatic heterocycles. The molecule has 0 aliphatic rings. The van der Waals surface area contributed by atoms with Crippen LogP contribution >= 0.6 is 27.3 Å². The molecule has 0 unspecified atom stereocenters. The van der Waals surface area contributed by atoms with Crippen molar-refractivity contribution in [2.75, 3.05) is 7.11 Å². The molecule has 1 aromatic heterocycles. The number of amides is 1. The number of rotatable bonds is 5. The smallest absolute Gasteiger partial charge is 0.246 e. The molecule has 2 aromatic rings. The number of halogens is 1. The standard InChI is InChI=1S/C14H14BrN3O2S/c1-9-8-21-14(17-9)6-13(19)18-16-7-10-5-11(15)3-4-12(10)20-2/h3-5,7-8H,6H2,1-2H3,(H,18,19)/b16-7-. The summed E-state index contributed by atoms with van der Waals surface area (Å²) < 4.78 is 6.13. The van der Waals surface area contributed by atoms with E-state index in [-0.39, 0.29) is 12.3 Å². The molecule has 7 heteroatoms. The third-order valence-electron chi connectivity index (χ3n) is 2.56. The van der Waals surface area contributed by atoms with Crippen LogP contribution < -0.4 is 10.2 Å². The van der Waals surface area contributed by atoms with Gasteiger partial charge in [0, 0.05) is 21.1 Å². The summed E-state index contributed by atoms with van der Waals surface area (Å²) >= 11 is 4.85. The fourth-order valence-electron chi connectivity index (χ4n) is 1.64. The highest BCUT2D eigenvalue weighted by Gasteiger charge is 2.06. The predicted octanol–water partition coefficient (Wildman–Crippen LogP) is 2.92. The van der Waals surface area contributed by atoms with Crippen molar-refractivity contribution in [3.63, 3.8) is 0 Å². The summed E-state index contributed by atoms with van der Waals surface area (Å²) in [5.74, 6) is 0.487. The van der Waals surface area contributed by atoms with Gasteiger partial charge in [-0.3, -0.25) is 4.79 Å². The molecule has 1 heterocycles. The number of hydrazone groups is 1. The van der Waals surface area contributed by atoms with Gasteiger partial charge in [-0.15, -0.1) is 11.3 Å². The Hall–Kier alpha value is -1.73. The third kappa shape index (κ3) is 4.64. The van der Waals surface area contributed by atoms with Crippen LogP contribution in [0.3, 0.4) is 0 Å². The number of ether oxygens (including phenoxy) is 1. The highest BCUT2D eigenvalue weighted by molar-refractivity contribution is 9.10. The van der Waals surface area contributed by atoms with Crippen molar-refractivity contribution in [3.8, 4) is 5.75 Å². The number of nitrogens with one attached hydrogen (secondary N) is 1. The van der Waals surface area contributed by atoms with E-state index in [1.165, 1.54) is 11.3 Å². The zero-order chi connectivity index (χ0) is 15.2. The average Bonchev–Trinajstić information content (AvgIpc) is 2.84. The molecule has 0 spiro atoms. The highest BCUT2D eigenvalue weighted by Crippen LogP contribution is 2.21. The average molecular weight is 368 g/mol. The van der Waals surface area contributed by atoms with E-state index in [0.29, 0.717) is 5.75 Å². The number of hydrogen-bond donors (Lipinski definition) is 1. The largest absolute Gasteiger partial charge is 0.496 e. The van der Waals surface area contributed by atoms with Crippen LogP contribution in [0, 0.1) is 6.92 Å². The molecule has 1 amide bonds. The minimum Gasteiger partial charge on any atom is -0.496 e. The summed E-state index contributed by atoms with van der Waals surface area (Å²) in [6.07, 6.45) is 1.78. The van der Waals surface area contributed by atoms with Crippen LogP contribution in [0.15, 0.2) is 33.2 Å². The topological polar surface area (TPSA) is 63.6 Å². The number of benzene rings is 1. The summed E-state index contributed by atoms with van der Waals surface area (Å²) in [4.78, 5) is 16.0. The molecular weight excluding hydrogens is 354 g/mol. The molecule has 0 aliphatic carbocycles. The summed E-state index contributed by atoms with van der Waals surface area (Å²) in [5.41, 5.74) is 4.18. The second-order valence-electron chi connectivity index (χ2n) is 4.24. The summed E-state index contributed by atoms with van der Waals surface area (Å²) in [5, 5.41) is 6.64. The zero-order valence-electron chi connectivity index (χ0n) is 11.6. The number of aromatic nitrogens is 1. The first-order valence-electron chi connectivity index (χ1n) is 6.15. The van der Waals surface area contributed by atoms with Crippen LogP contribution in [-0.4, -0.2) is 24.2 Å². The predicted molar refractivity (Wildman–Crippen MR) is 87.0 cm³/mol. The Kier molecular flexibility index (Phi) is 5.46. The maximum atomic E-state index is 11.7. The van der Waals surface area contributed by atoms with E-state index in [2.05, 4.69) is 31.4 Å². The van der Waals surface area contributed by atoms with Crippen molar-refractivity contribution in [1.29, 1.82) is 0 Å². The van der Waals surface area contributed by atoms with Gasteiger partial charge in [0.1, 0.15) is 10.8 Å². The fourth-order valence-corrected chi connectivity index (χ4v) is 2.79. The van der Waals surface area contributed by atoms with E-state index in [1.807, 2.05) is 30.5 Å². The van der Waals surface area contributed by atoms with Crippen LogP contribution in [0.2, 0.25) is 0 Å². The fraction of sp³-hybridized carbons (Fsp3) is 0.214. The van der Waals surface area contributed by atoms with Gasteiger partial charge in [-0.25, -0.2) is 10.4 Å². The Morgan fingerprint density at radius 3 is 3.05 bits per heavy atom. The van der Waals surface area contributed by atoms with E-state index in [0.717, 1.165) is 20.7 Å². The van der Waals surface area contributed by atoms with Gasteiger partial charge < -0.3 is 4.74 Å². The van der Waals surface area contributed by atoms with E-state index >= 15 is 0 Å². The lowest BCUT2D eigenvalue weighted by molar-refractivity contribution is -0.120. The Bertz CT molecular complexity index is 670. The molecular formula is C14H14BrN3O2S. The Morgan fingerprint density at radius 1 is 1.57 bits per heavy atom. The van der Waals surface area contributed by atoms with Gasteiger partial charge in [0.05, 0.1) is 19.7 Å². The Labute approximate surface area is 135 Å². The van der Waals surface area contributed by atoms with Gasteiger partial charge in [-0.05, 0) is 25.1 Å². The summed E-state index contributed by atoms with van der Waals surface area (Å²) in [7, 11) is 1.59. The zero-order valence-corrected chi connectivity index (χ0v) is 14.0. The number of aryl methyl sites for hydroxylation is 1. The van der Waals surface area contributed by atoms with Crippen LogP contribution in [-0.2, 0) is 11.2 Å². The van der Waals surface area contributed by atoms with Crippen molar-refractivity contribution in [3.05, 3.63) is 44.3 Å². The first kappa shape index (κ1) is 15.7. The minimum atomic E-state index is -0.199. The number of carbonyl (C=O) groups is 1. The normalized spacial score (nSPS) is 10.8. The van der Waals surface area contributed by atoms with Crippen LogP contribution in [0.25, 0.3) is 0 Å². The number of hydrogen-bond acceptors (Lipinski definition) is 5. The van der Waals surface area contributed by atoms with Gasteiger partial charge in [0.2, 0.25) is 5.91 Å². The third-order valence-corrected chi connectivity index (χ3v) is 4.02. The Balaban J connectivity index is 1.95. The lowest BCUT2D eigenvalue weighted by atomic mass is 10.2.